The molecule has 9 nitrogen and oxygen atoms in total. The summed E-state index contributed by atoms with van der Waals surface area (Å²) in [6.07, 6.45) is 3.19. The predicted octanol–water partition coefficient (Wildman–Crippen LogP) is 5.82. The molecular formula is C30H25FN4O5S2. The van der Waals surface area contributed by atoms with Crippen LogP contribution in [0.25, 0.3) is 16.4 Å². The fourth-order valence-electron chi connectivity index (χ4n) is 4.67. The van der Waals surface area contributed by atoms with E-state index in [1.54, 1.807) is 53.2 Å². The van der Waals surface area contributed by atoms with Gasteiger partial charge in [-0.1, -0.05) is 30.3 Å². The molecule has 3 aromatic carbocycles. The predicted molar refractivity (Wildman–Crippen MR) is 155 cm³/mol. The normalized spacial score (nSPS) is 13.3. The molecule has 2 heterocycles. The topological polar surface area (TPSA) is 137 Å². The first-order valence-electron chi connectivity index (χ1n) is 13.1. The van der Waals surface area contributed by atoms with E-state index >= 15 is 0 Å². The fraction of sp³-hybridized carbons (Fsp3) is 0.167. The van der Waals surface area contributed by atoms with Crippen LogP contribution in [0.4, 0.5) is 4.39 Å². The molecular weight excluding hydrogens is 579 g/mol. The Balaban J connectivity index is 1.49. The molecule has 0 spiro atoms. The third-order valence-electron chi connectivity index (χ3n) is 6.97. The standard InChI is InChI=1S/C30H25FN4O5S2/c31-24-13-10-20(16-27(24)40-21-4-2-1-3-5-21)28-23(14-18-8-11-22(12-9-18)42(32,38)39)26(15-19-6-7-19)35(34-28)30-33-25(17-41-30)29(36)37/h1-5,8-13,16-17,19H,6-7,14-15H2,(H,36,37)(H2,32,38,39). The highest BCUT2D eigenvalue weighted by Crippen LogP contribution is 2.39. The Kier molecular flexibility index (Phi) is 7.35. The highest BCUT2D eigenvalue weighted by atomic mass is 32.2. The number of hydrogen-bond donors (Lipinski definition) is 2. The summed E-state index contributed by atoms with van der Waals surface area (Å²) in [6.45, 7) is 0. The molecule has 0 amide bonds. The molecule has 214 valence electrons. The largest absolute Gasteiger partial charge is 0.476 e. The van der Waals surface area contributed by atoms with Crippen LogP contribution in [0.1, 0.15) is 40.2 Å². The summed E-state index contributed by atoms with van der Waals surface area (Å²) < 4.78 is 46.0. The monoisotopic (exact) mass is 604 g/mol. The van der Waals surface area contributed by atoms with Crippen molar-refractivity contribution in [2.24, 2.45) is 11.1 Å². The van der Waals surface area contributed by atoms with Crippen molar-refractivity contribution in [3.8, 4) is 27.9 Å². The Bertz CT molecular complexity index is 1880. The highest BCUT2D eigenvalue weighted by molar-refractivity contribution is 7.89. The Hall–Kier alpha value is -4.39. The number of ether oxygens (including phenoxy) is 1. The van der Waals surface area contributed by atoms with Gasteiger partial charge >= 0.3 is 5.97 Å². The zero-order valence-corrected chi connectivity index (χ0v) is 23.7. The number of hydrogen-bond acceptors (Lipinski definition) is 7. The van der Waals surface area contributed by atoms with Crippen LogP contribution in [-0.4, -0.2) is 34.3 Å². The molecule has 1 fully saturated rings. The lowest BCUT2D eigenvalue weighted by Gasteiger charge is -2.11. The number of rotatable bonds is 10. The summed E-state index contributed by atoms with van der Waals surface area (Å²) in [5.74, 6) is -0.715. The number of nitrogens with zero attached hydrogens (tertiary/aromatic N) is 3. The first-order chi connectivity index (χ1) is 20.2. The van der Waals surface area contributed by atoms with E-state index in [1.165, 1.54) is 34.9 Å². The van der Waals surface area contributed by atoms with Crippen molar-refractivity contribution in [1.29, 1.82) is 0 Å². The maximum Gasteiger partial charge on any atom is 0.355 e. The molecule has 2 aromatic heterocycles. The van der Waals surface area contributed by atoms with Gasteiger partial charge in [0.05, 0.1) is 16.3 Å². The van der Waals surface area contributed by atoms with Gasteiger partial charge in [-0.3, -0.25) is 0 Å². The van der Waals surface area contributed by atoms with Crippen LogP contribution >= 0.6 is 11.3 Å². The number of sulfonamides is 1. The Morgan fingerprint density at radius 3 is 2.48 bits per heavy atom. The van der Waals surface area contributed by atoms with Crippen LogP contribution < -0.4 is 9.88 Å². The van der Waals surface area contributed by atoms with E-state index in [9.17, 15) is 22.7 Å². The van der Waals surface area contributed by atoms with Crippen LogP contribution in [0.5, 0.6) is 11.5 Å². The van der Waals surface area contributed by atoms with Gasteiger partial charge < -0.3 is 9.84 Å². The fourth-order valence-corrected chi connectivity index (χ4v) is 5.96. The molecule has 1 aliphatic carbocycles. The van der Waals surface area contributed by atoms with Gasteiger partial charge in [0.15, 0.2) is 17.3 Å². The summed E-state index contributed by atoms with van der Waals surface area (Å²) in [4.78, 5) is 15.9. The van der Waals surface area contributed by atoms with Crippen LogP contribution in [0.15, 0.2) is 83.1 Å². The maximum absolute atomic E-state index is 14.9. The number of para-hydroxylation sites is 1. The van der Waals surface area contributed by atoms with E-state index in [0.717, 1.165) is 29.7 Å². The lowest BCUT2D eigenvalue weighted by molar-refractivity contribution is 0.0691. The molecule has 12 heteroatoms. The average Bonchev–Trinajstić information content (AvgIpc) is 3.52. The molecule has 6 rings (SSSR count). The molecule has 3 N–H and O–H groups in total. The average molecular weight is 605 g/mol. The van der Waals surface area contributed by atoms with Crippen molar-refractivity contribution >= 4 is 27.3 Å². The number of aromatic nitrogens is 3. The van der Waals surface area contributed by atoms with Crippen molar-refractivity contribution in [3.63, 3.8) is 0 Å². The summed E-state index contributed by atoms with van der Waals surface area (Å²) in [7, 11) is -3.85. The first-order valence-corrected chi connectivity index (χ1v) is 15.5. The van der Waals surface area contributed by atoms with Gasteiger partial charge in [0.25, 0.3) is 0 Å². The number of carboxylic acids is 1. The first kappa shape index (κ1) is 27.8. The number of halogens is 1. The molecule has 42 heavy (non-hydrogen) atoms. The number of nitrogens with two attached hydrogens (primary N) is 1. The number of carbonyl (C=O) groups is 1. The summed E-state index contributed by atoms with van der Waals surface area (Å²) in [5.41, 5.74) is 3.60. The molecule has 0 radical (unpaired) electrons. The molecule has 0 saturated heterocycles. The van der Waals surface area contributed by atoms with Gasteiger partial charge in [-0.15, -0.1) is 11.3 Å². The molecule has 1 aliphatic rings. The van der Waals surface area contributed by atoms with E-state index in [4.69, 9.17) is 15.0 Å². The van der Waals surface area contributed by atoms with Crippen molar-refractivity contribution < 1.29 is 27.4 Å². The van der Waals surface area contributed by atoms with Gasteiger partial charge in [0.2, 0.25) is 15.2 Å². The van der Waals surface area contributed by atoms with E-state index in [2.05, 4.69) is 4.98 Å². The molecule has 1 saturated carbocycles. The number of carboxylic acid groups (broad SMARTS) is 1. The zero-order chi connectivity index (χ0) is 29.4. The quantitative estimate of drug-likeness (QED) is 0.205. The third kappa shape index (κ3) is 5.96. The highest BCUT2D eigenvalue weighted by Gasteiger charge is 2.29. The summed E-state index contributed by atoms with van der Waals surface area (Å²) in [5, 5.41) is 21.5. The van der Waals surface area contributed by atoms with Crippen molar-refractivity contribution in [3.05, 3.63) is 107 Å². The van der Waals surface area contributed by atoms with Crippen LogP contribution in [0, 0.1) is 11.7 Å². The van der Waals surface area contributed by atoms with Crippen LogP contribution in [0.3, 0.4) is 0 Å². The Morgan fingerprint density at radius 2 is 1.83 bits per heavy atom. The second-order valence-electron chi connectivity index (χ2n) is 10.1. The molecule has 0 atom stereocenters. The van der Waals surface area contributed by atoms with E-state index < -0.39 is 21.8 Å². The zero-order valence-electron chi connectivity index (χ0n) is 22.1. The summed E-state index contributed by atoms with van der Waals surface area (Å²) >= 11 is 1.17. The molecule has 5 aromatic rings. The minimum atomic E-state index is -3.85. The molecule has 0 unspecified atom stereocenters. The van der Waals surface area contributed by atoms with E-state index in [-0.39, 0.29) is 16.3 Å². The van der Waals surface area contributed by atoms with Gasteiger partial charge in [-0.25, -0.2) is 32.4 Å². The molecule has 0 bridgehead atoms. The Labute approximate surface area is 245 Å². The number of aromatic carboxylic acids is 1. The van der Waals surface area contributed by atoms with E-state index in [0.29, 0.717) is 40.9 Å². The minimum absolute atomic E-state index is 0.00518. The lowest BCUT2D eigenvalue weighted by Crippen LogP contribution is -2.12. The van der Waals surface area contributed by atoms with Crippen molar-refractivity contribution in [1.82, 2.24) is 14.8 Å². The smallest absolute Gasteiger partial charge is 0.355 e. The number of benzene rings is 3. The van der Waals surface area contributed by atoms with Gasteiger partial charge in [0.1, 0.15) is 5.75 Å². The number of primary sulfonamides is 1. The summed E-state index contributed by atoms with van der Waals surface area (Å²) in [6, 6.07) is 19.7. The lowest BCUT2D eigenvalue weighted by atomic mass is 9.97. The van der Waals surface area contributed by atoms with Gasteiger partial charge in [-0.2, -0.15) is 5.10 Å². The SMILES string of the molecule is NS(=O)(=O)c1ccc(Cc2c(-c3ccc(F)c(Oc4ccccc4)c3)nn(-c3nc(C(=O)O)cs3)c2CC2CC2)cc1. The van der Waals surface area contributed by atoms with E-state index in [1.807, 2.05) is 6.07 Å². The van der Waals surface area contributed by atoms with Gasteiger partial charge in [0, 0.05) is 22.9 Å². The van der Waals surface area contributed by atoms with Crippen LogP contribution in [0.2, 0.25) is 0 Å². The third-order valence-corrected chi connectivity index (χ3v) is 8.72. The number of thiazole rings is 1. The second kappa shape index (κ2) is 11.1. The van der Waals surface area contributed by atoms with Crippen molar-refractivity contribution in [2.45, 2.75) is 30.6 Å². The Morgan fingerprint density at radius 1 is 1.10 bits per heavy atom. The minimum Gasteiger partial charge on any atom is -0.476 e. The molecule has 0 aliphatic heterocycles. The van der Waals surface area contributed by atoms with Crippen LogP contribution in [-0.2, 0) is 22.9 Å². The van der Waals surface area contributed by atoms with Gasteiger partial charge in [-0.05, 0) is 73.2 Å². The second-order valence-corrected chi connectivity index (χ2v) is 12.5. The maximum atomic E-state index is 14.9. The van der Waals surface area contributed by atoms with Crippen molar-refractivity contribution in [2.75, 3.05) is 0 Å².